The van der Waals surface area contributed by atoms with Crippen LogP contribution in [0.15, 0.2) is 140 Å². The molecule has 7 aromatic rings. The number of benzene rings is 5. The molecule has 0 unspecified atom stereocenters. The Morgan fingerprint density at radius 3 is 2.20 bits per heavy atom. The van der Waals surface area contributed by atoms with Crippen molar-refractivity contribution in [2.75, 3.05) is 9.80 Å². The quantitative estimate of drug-likeness (QED) is 0.197. The van der Waals surface area contributed by atoms with Gasteiger partial charge in [0.1, 0.15) is 11.5 Å². The Morgan fingerprint density at radius 1 is 0.556 bits per heavy atom. The first kappa shape index (κ1) is 24.4. The van der Waals surface area contributed by atoms with Crippen molar-refractivity contribution >= 4 is 68.1 Å². The van der Waals surface area contributed by atoms with Crippen LogP contribution in [0.25, 0.3) is 10.9 Å². The van der Waals surface area contributed by atoms with Crippen molar-refractivity contribution in [3.8, 4) is 23.0 Å². The SMILES string of the molecule is c1cncc(N2c3ccccc3B3c4ccccc4Oc4cc5c(c2c43)Oc2ccccc2N5c2cccc3cccnc23)c1. The molecule has 5 heterocycles. The van der Waals surface area contributed by atoms with Crippen LogP contribution in [0.2, 0.25) is 0 Å². The minimum atomic E-state index is -0.0391. The number of hydrogen-bond acceptors (Lipinski definition) is 6. The van der Waals surface area contributed by atoms with E-state index in [4.69, 9.17) is 14.5 Å². The Kier molecular flexibility index (Phi) is 4.99. The molecule has 3 aliphatic heterocycles. The van der Waals surface area contributed by atoms with E-state index in [0.717, 1.165) is 79.0 Å². The molecule has 5 aromatic carbocycles. The Hall–Kier alpha value is -6.08. The largest absolute Gasteiger partial charge is 0.458 e. The first-order valence-electron chi connectivity index (χ1n) is 15.0. The third-order valence-electron chi connectivity index (χ3n) is 9.00. The summed E-state index contributed by atoms with van der Waals surface area (Å²) in [5, 5.41) is 1.07. The van der Waals surface area contributed by atoms with Crippen molar-refractivity contribution in [1.82, 2.24) is 9.97 Å². The third kappa shape index (κ3) is 3.40. The summed E-state index contributed by atoms with van der Waals surface area (Å²) in [5.41, 5.74) is 10.1. The van der Waals surface area contributed by atoms with E-state index in [-0.39, 0.29) is 6.71 Å². The second-order valence-corrected chi connectivity index (χ2v) is 11.4. The first-order chi connectivity index (χ1) is 22.3. The molecular formula is C38H23BN4O2. The lowest BCUT2D eigenvalue weighted by Crippen LogP contribution is -2.59. The van der Waals surface area contributed by atoms with Gasteiger partial charge in [-0.15, -0.1) is 0 Å². The van der Waals surface area contributed by atoms with Gasteiger partial charge < -0.3 is 19.3 Å². The predicted octanol–water partition coefficient (Wildman–Crippen LogP) is 7.61. The van der Waals surface area contributed by atoms with Crippen molar-refractivity contribution < 1.29 is 9.47 Å². The van der Waals surface area contributed by atoms with E-state index in [1.54, 1.807) is 6.20 Å². The van der Waals surface area contributed by atoms with Crippen LogP contribution in [-0.2, 0) is 0 Å². The molecule has 0 saturated heterocycles. The van der Waals surface area contributed by atoms with Crippen LogP contribution in [0.1, 0.15) is 0 Å². The van der Waals surface area contributed by atoms with Crippen LogP contribution in [-0.4, -0.2) is 16.7 Å². The molecule has 3 aliphatic rings. The van der Waals surface area contributed by atoms with Gasteiger partial charge in [-0.05, 0) is 59.5 Å². The monoisotopic (exact) mass is 578 g/mol. The lowest BCUT2D eigenvalue weighted by molar-refractivity contribution is 0.469. The number of anilines is 6. The van der Waals surface area contributed by atoms with Crippen LogP contribution < -0.4 is 35.7 Å². The zero-order valence-electron chi connectivity index (χ0n) is 24.0. The molecule has 7 heteroatoms. The summed E-state index contributed by atoms with van der Waals surface area (Å²) in [7, 11) is 0. The number of pyridine rings is 2. The maximum atomic E-state index is 6.99. The van der Waals surface area contributed by atoms with Crippen molar-refractivity contribution in [2.45, 2.75) is 0 Å². The molecule has 0 N–H and O–H groups in total. The number of hydrogen-bond donors (Lipinski definition) is 0. The summed E-state index contributed by atoms with van der Waals surface area (Å²) in [6, 6.07) is 41.8. The smallest absolute Gasteiger partial charge is 0.256 e. The van der Waals surface area contributed by atoms with Crippen molar-refractivity contribution in [3.63, 3.8) is 0 Å². The number of fused-ring (bicyclic) bond motifs is 8. The zero-order valence-corrected chi connectivity index (χ0v) is 24.0. The topological polar surface area (TPSA) is 50.7 Å². The maximum absolute atomic E-state index is 6.99. The molecule has 0 fully saturated rings. The summed E-state index contributed by atoms with van der Waals surface area (Å²) in [4.78, 5) is 13.9. The molecule has 6 nitrogen and oxygen atoms in total. The average molecular weight is 578 g/mol. The second kappa shape index (κ2) is 9.21. The van der Waals surface area contributed by atoms with Crippen LogP contribution in [0, 0.1) is 0 Å². The standard InChI is InChI=1S/C38H23BN4O2/c1-3-15-28-26(13-1)39-27-14-2-5-18-32(27)44-34-22-31-38(37(35(34)39)42(28)25-12-9-20-40-23-25)45-33-19-6-4-16-29(33)43(31)30-17-7-10-24-11-8-21-41-36(24)30/h1-23H. The van der Waals surface area contributed by atoms with E-state index in [1.807, 2.05) is 48.8 Å². The van der Waals surface area contributed by atoms with Crippen LogP contribution in [0.3, 0.4) is 0 Å². The summed E-state index contributed by atoms with van der Waals surface area (Å²) in [5.74, 6) is 3.19. The molecule has 0 atom stereocenters. The van der Waals surface area contributed by atoms with E-state index in [2.05, 4.69) is 99.7 Å². The fourth-order valence-electron chi connectivity index (χ4n) is 7.19. The highest BCUT2D eigenvalue weighted by atomic mass is 16.5. The predicted molar refractivity (Wildman–Crippen MR) is 180 cm³/mol. The Bertz CT molecular complexity index is 2320. The Balaban J connectivity index is 1.34. The molecule has 0 bridgehead atoms. The summed E-state index contributed by atoms with van der Waals surface area (Å²) >= 11 is 0. The highest BCUT2D eigenvalue weighted by Crippen LogP contribution is 2.58. The zero-order chi connectivity index (χ0) is 29.5. The lowest BCUT2D eigenvalue weighted by Gasteiger charge is -2.43. The van der Waals surface area contributed by atoms with Gasteiger partial charge in [-0.3, -0.25) is 9.97 Å². The highest BCUT2D eigenvalue weighted by Gasteiger charge is 2.46. The van der Waals surface area contributed by atoms with E-state index in [1.165, 1.54) is 5.46 Å². The van der Waals surface area contributed by atoms with E-state index < -0.39 is 0 Å². The van der Waals surface area contributed by atoms with Gasteiger partial charge in [0.2, 0.25) is 0 Å². The maximum Gasteiger partial charge on any atom is 0.256 e. The van der Waals surface area contributed by atoms with Crippen LogP contribution >= 0.6 is 0 Å². The van der Waals surface area contributed by atoms with Gasteiger partial charge in [0, 0.05) is 35.0 Å². The van der Waals surface area contributed by atoms with E-state index >= 15 is 0 Å². The molecule has 0 spiro atoms. The van der Waals surface area contributed by atoms with Crippen molar-refractivity contribution in [1.29, 1.82) is 0 Å². The number of para-hydroxylation sites is 5. The average Bonchev–Trinajstić information content (AvgIpc) is 3.10. The van der Waals surface area contributed by atoms with Crippen molar-refractivity contribution in [3.05, 3.63) is 140 Å². The van der Waals surface area contributed by atoms with Gasteiger partial charge in [-0.1, -0.05) is 66.7 Å². The van der Waals surface area contributed by atoms with Crippen LogP contribution in [0.4, 0.5) is 34.1 Å². The molecular weight excluding hydrogens is 555 g/mol. The van der Waals surface area contributed by atoms with E-state index in [0.29, 0.717) is 0 Å². The lowest BCUT2D eigenvalue weighted by atomic mass is 9.34. The first-order valence-corrected chi connectivity index (χ1v) is 15.0. The second-order valence-electron chi connectivity index (χ2n) is 11.4. The number of nitrogens with zero attached hydrogens (tertiary/aromatic N) is 4. The fourth-order valence-corrected chi connectivity index (χ4v) is 7.19. The molecule has 0 aliphatic carbocycles. The normalized spacial score (nSPS) is 13.6. The van der Waals surface area contributed by atoms with Gasteiger partial charge in [-0.2, -0.15) is 0 Å². The molecule has 45 heavy (non-hydrogen) atoms. The molecule has 210 valence electrons. The highest BCUT2D eigenvalue weighted by molar-refractivity contribution is 6.99. The number of rotatable bonds is 2. The Labute approximate surface area is 259 Å². The summed E-state index contributed by atoms with van der Waals surface area (Å²) in [6.45, 7) is -0.0391. The van der Waals surface area contributed by atoms with Crippen LogP contribution in [0.5, 0.6) is 23.0 Å². The number of aromatic nitrogens is 2. The van der Waals surface area contributed by atoms with Crippen molar-refractivity contribution in [2.24, 2.45) is 0 Å². The van der Waals surface area contributed by atoms with Gasteiger partial charge in [-0.25, -0.2) is 0 Å². The fraction of sp³-hybridized carbons (Fsp3) is 0. The van der Waals surface area contributed by atoms with E-state index in [9.17, 15) is 0 Å². The molecule has 0 radical (unpaired) electrons. The molecule has 10 rings (SSSR count). The van der Waals surface area contributed by atoms with Gasteiger partial charge in [0.15, 0.2) is 11.5 Å². The molecule has 0 amide bonds. The number of ether oxygens (including phenoxy) is 2. The summed E-state index contributed by atoms with van der Waals surface area (Å²) in [6.07, 6.45) is 5.56. The summed E-state index contributed by atoms with van der Waals surface area (Å²) < 4.78 is 13.8. The van der Waals surface area contributed by atoms with Gasteiger partial charge >= 0.3 is 0 Å². The third-order valence-corrected chi connectivity index (χ3v) is 9.00. The van der Waals surface area contributed by atoms with Gasteiger partial charge in [0.25, 0.3) is 6.71 Å². The minimum absolute atomic E-state index is 0.0391. The molecule has 2 aromatic heterocycles. The van der Waals surface area contributed by atoms with Gasteiger partial charge in [0.05, 0.1) is 40.2 Å². The Morgan fingerprint density at radius 2 is 1.31 bits per heavy atom. The molecule has 0 saturated carbocycles. The minimum Gasteiger partial charge on any atom is -0.458 e.